The van der Waals surface area contributed by atoms with E-state index in [1.165, 1.54) is 18.4 Å². The van der Waals surface area contributed by atoms with Crippen molar-refractivity contribution in [1.29, 1.82) is 0 Å². The molecule has 0 aliphatic carbocycles. The third kappa shape index (κ3) is 5.46. The number of hydrogen-bond donors (Lipinski definition) is 2. The predicted octanol–water partition coefficient (Wildman–Crippen LogP) is 2.36. The Labute approximate surface area is 195 Å². The molecule has 1 saturated heterocycles. The van der Waals surface area contributed by atoms with Crippen LogP contribution in [-0.4, -0.2) is 66.8 Å². The minimum atomic E-state index is -0.871. The van der Waals surface area contributed by atoms with Crippen molar-refractivity contribution >= 4 is 33.3 Å². The first-order valence-corrected chi connectivity index (χ1v) is 11.1. The highest BCUT2D eigenvalue weighted by Crippen LogP contribution is 2.30. The highest BCUT2D eigenvalue weighted by molar-refractivity contribution is 7.19. The van der Waals surface area contributed by atoms with E-state index in [-0.39, 0.29) is 11.9 Å². The second-order valence-corrected chi connectivity index (χ2v) is 8.30. The minimum Gasteiger partial charge on any atom is -0.497 e. The largest absolute Gasteiger partial charge is 0.497 e. The van der Waals surface area contributed by atoms with Crippen LogP contribution in [-0.2, 0) is 9.53 Å². The number of nitrogens with zero attached hydrogens (tertiary/aromatic N) is 5. The van der Waals surface area contributed by atoms with Gasteiger partial charge >= 0.3 is 0 Å². The van der Waals surface area contributed by atoms with Gasteiger partial charge in [0.05, 0.1) is 14.2 Å². The zero-order chi connectivity index (χ0) is 23.2. The average Bonchev–Trinajstić information content (AvgIpc) is 3.49. The lowest BCUT2D eigenvalue weighted by molar-refractivity contribution is -0.126. The fraction of sp³-hybridized carbons (Fsp3) is 0.381. The molecule has 3 heterocycles. The molecule has 0 radical (unpaired) electrons. The summed E-state index contributed by atoms with van der Waals surface area (Å²) in [6.07, 6.45) is 1.72. The number of ether oxygens (including phenoxy) is 3. The second-order valence-electron chi connectivity index (χ2n) is 7.32. The number of amides is 1. The molecule has 12 heteroatoms. The van der Waals surface area contributed by atoms with Crippen molar-refractivity contribution in [3.63, 3.8) is 0 Å². The SMILES string of the molecule is COc1cc(OC)cc([C@H](OC)C(=O)Nc2nnc(N[C@@H]3CCN(c4cccnn4)C3)s2)c1. The number of benzene rings is 1. The quantitative estimate of drug-likeness (QED) is 0.481. The average molecular weight is 472 g/mol. The van der Waals surface area contributed by atoms with Gasteiger partial charge < -0.3 is 24.4 Å². The lowest BCUT2D eigenvalue weighted by atomic mass is 10.1. The van der Waals surface area contributed by atoms with Crippen molar-refractivity contribution < 1.29 is 19.0 Å². The lowest BCUT2D eigenvalue weighted by Crippen LogP contribution is -2.26. The first kappa shape index (κ1) is 22.7. The Morgan fingerprint density at radius 3 is 2.55 bits per heavy atom. The van der Waals surface area contributed by atoms with E-state index in [1.807, 2.05) is 12.1 Å². The van der Waals surface area contributed by atoms with Crippen molar-refractivity contribution in [2.24, 2.45) is 0 Å². The van der Waals surface area contributed by atoms with Gasteiger partial charge in [-0.2, -0.15) is 5.10 Å². The zero-order valence-electron chi connectivity index (χ0n) is 18.5. The summed E-state index contributed by atoms with van der Waals surface area (Å²) in [6, 6.07) is 9.19. The van der Waals surface area contributed by atoms with Crippen molar-refractivity contribution in [2.75, 3.05) is 50.0 Å². The van der Waals surface area contributed by atoms with Gasteiger partial charge in [0.15, 0.2) is 11.9 Å². The van der Waals surface area contributed by atoms with Gasteiger partial charge in [0.2, 0.25) is 10.3 Å². The van der Waals surface area contributed by atoms with Crippen LogP contribution in [0.4, 0.5) is 16.1 Å². The summed E-state index contributed by atoms with van der Waals surface area (Å²) in [7, 11) is 4.56. The van der Waals surface area contributed by atoms with Crippen LogP contribution in [0.3, 0.4) is 0 Å². The summed E-state index contributed by atoms with van der Waals surface area (Å²) < 4.78 is 16.0. The Hall–Kier alpha value is -3.51. The molecule has 0 saturated carbocycles. The summed E-state index contributed by atoms with van der Waals surface area (Å²) in [5.74, 6) is 1.61. The maximum absolute atomic E-state index is 12.9. The van der Waals surface area contributed by atoms with Crippen molar-refractivity contribution in [3.05, 3.63) is 42.1 Å². The molecule has 33 heavy (non-hydrogen) atoms. The van der Waals surface area contributed by atoms with Crippen molar-refractivity contribution in [1.82, 2.24) is 20.4 Å². The molecule has 1 aliphatic rings. The van der Waals surface area contributed by atoms with E-state index in [9.17, 15) is 4.79 Å². The van der Waals surface area contributed by atoms with Gasteiger partial charge in [0, 0.05) is 38.5 Å². The highest BCUT2D eigenvalue weighted by Gasteiger charge is 2.26. The van der Waals surface area contributed by atoms with E-state index in [0.717, 1.165) is 25.3 Å². The number of nitrogens with one attached hydrogen (secondary N) is 2. The van der Waals surface area contributed by atoms with Gasteiger partial charge in [-0.3, -0.25) is 10.1 Å². The van der Waals surface area contributed by atoms with E-state index in [2.05, 4.69) is 35.9 Å². The fourth-order valence-electron chi connectivity index (χ4n) is 3.60. The first-order chi connectivity index (χ1) is 16.1. The standard InChI is InChI=1S/C21H25N7O4S/c1-30-15-9-13(10-16(11-15)31-2)18(32-3)19(29)24-21-27-26-20(33-21)23-14-6-8-28(12-14)17-5-4-7-22-25-17/h4-5,7,9-11,14,18H,6,8,12H2,1-3H3,(H,23,26)(H,24,27,29)/t14-,18+/m1/s1. The Kier molecular flexibility index (Phi) is 7.15. The minimum absolute atomic E-state index is 0.194. The van der Waals surface area contributed by atoms with Crippen LogP contribution < -0.4 is 25.0 Å². The Morgan fingerprint density at radius 2 is 1.88 bits per heavy atom. The van der Waals surface area contributed by atoms with Crippen LogP contribution in [0.2, 0.25) is 0 Å². The lowest BCUT2D eigenvalue weighted by Gasteiger charge is -2.16. The van der Waals surface area contributed by atoms with Crippen LogP contribution >= 0.6 is 11.3 Å². The van der Waals surface area contributed by atoms with Gasteiger partial charge in [-0.15, -0.1) is 15.3 Å². The third-order valence-corrected chi connectivity index (χ3v) is 5.97. The molecule has 11 nitrogen and oxygen atoms in total. The topological polar surface area (TPSA) is 124 Å². The molecule has 3 aromatic rings. The molecule has 4 rings (SSSR count). The highest BCUT2D eigenvalue weighted by atomic mass is 32.1. The van der Waals surface area contributed by atoms with Crippen LogP contribution in [0.5, 0.6) is 11.5 Å². The molecule has 0 unspecified atom stereocenters. The summed E-state index contributed by atoms with van der Waals surface area (Å²) in [5, 5.41) is 23.5. The first-order valence-electron chi connectivity index (χ1n) is 10.3. The molecular formula is C21H25N7O4S. The number of hydrogen-bond acceptors (Lipinski definition) is 11. The van der Waals surface area contributed by atoms with Gasteiger partial charge in [0.25, 0.3) is 5.91 Å². The maximum Gasteiger partial charge on any atom is 0.259 e. The number of carbonyl (C=O) groups excluding carboxylic acids is 1. The molecule has 174 valence electrons. The van der Waals surface area contributed by atoms with Crippen molar-refractivity contribution in [2.45, 2.75) is 18.6 Å². The molecule has 0 spiro atoms. The Balaban J connectivity index is 1.37. The number of aromatic nitrogens is 4. The van der Waals surface area contributed by atoms with Gasteiger partial charge in [-0.05, 0) is 36.2 Å². The summed E-state index contributed by atoms with van der Waals surface area (Å²) in [5.41, 5.74) is 0.601. The monoisotopic (exact) mass is 471 g/mol. The van der Waals surface area contributed by atoms with Gasteiger partial charge in [-0.1, -0.05) is 11.3 Å². The second kappa shape index (κ2) is 10.4. The molecule has 2 atom stereocenters. The molecule has 1 fully saturated rings. The van der Waals surface area contributed by atoms with Crippen LogP contribution in [0.25, 0.3) is 0 Å². The van der Waals surface area contributed by atoms with Crippen LogP contribution in [0, 0.1) is 0 Å². The maximum atomic E-state index is 12.9. The van der Waals surface area contributed by atoms with E-state index in [4.69, 9.17) is 14.2 Å². The van der Waals surface area contributed by atoms with E-state index in [1.54, 1.807) is 38.6 Å². The van der Waals surface area contributed by atoms with Gasteiger partial charge in [-0.25, -0.2) is 0 Å². The number of carbonyl (C=O) groups is 1. The molecule has 1 amide bonds. The molecule has 0 bridgehead atoms. The normalized spacial score (nSPS) is 16.3. The van der Waals surface area contributed by atoms with Crippen molar-refractivity contribution in [3.8, 4) is 11.5 Å². The Morgan fingerprint density at radius 1 is 1.12 bits per heavy atom. The molecule has 2 aromatic heterocycles. The van der Waals surface area contributed by atoms with Gasteiger partial charge in [0.1, 0.15) is 11.5 Å². The molecule has 2 N–H and O–H groups in total. The number of methoxy groups -OCH3 is 3. The van der Waals surface area contributed by atoms with E-state index < -0.39 is 6.10 Å². The fourth-order valence-corrected chi connectivity index (χ4v) is 4.32. The van der Waals surface area contributed by atoms with Crippen LogP contribution in [0.1, 0.15) is 18.1 Å². The summed E-state index contributed by atoms with van der Waals surface area (Å²) in [4.78, 5) is 15.0. The Bertz CT molecular complexity index is 1060. The van der Waals surface area contributed by atoms with Crippen LogP contribution in [0.15, 0.2) is 36.5 Å². The summed E-state index contributed by atoms with van der Waals surface area (Å²) in [6.45, 7) is 1.65. The predicted molar refractivity (Wildman–Crippen MR) is 124 cm³/mol. The summed E-state index contributed by atoms with van der Waals surface area (Å²) >= 11 is 1.27. The van der Waals surface area contributed by atoms with E-state index >= 15 is 0 Å². The number of rotatable bonds is 9. The smallest absolute Gasteiger partial charge is 0.259 e. The van der Waals surface area contributed by atoms with E-state index in [0.29, 0.717) is 27.3 Å². The molecule has 1 aliphatic heterocycles. The number of anilines is 3. The molecule has 1 aromatic carbocycles. The zero-order valence-corrected chi connectivity index (χ0v) is 19.3. The third-order valence-electron chi connectivity index (χ3n) is 5.20. The molecular weight excluding hydrogens is 446 g/mol.